The van der Waals surface area contributed by atoms with Crippen molar-refractivity contribution in [3.8, 4) is 0 Å². The zero-order valence-electron chi connectivity index (χ0n) is 16.2. The van der Waals surface area contributed by atoms with Gasteiger partial charge in [-0.25, -0.2) is 0 Å². The van der Waals surface area contributed by atoms with Crippen LogP contribution in [0.1, 0.15) is 31.4 Å². The van der Waals surface area contributed by atoms with Crippen molar-refractivity contribution < 1.29 is 4.79 Å². The van der Waals surface area contributed by atoms with Crippen LogP contribution in [-0.2, 0) is 4.79 Å². The Labute approximate surface area is 171 Å². The summed E-state index contributed by atoms with van der Waals surface area (Å²) < 4.78 is 0. The molecule has 27 heavy (non-hydrogen) atoms. The second-order valence-corrected chi connectivity index (χ2v) is 7.50. The van der Waals surface area contributed by atoms with Crippen molar-refractivity contribution in [3.63, 3.8) is 0 Å². The van der Waals surface area contributed by atoms with Crippen molar-refractivity contribution in [2.45, 2.75) is 40.2 Å². The molecule has 0 aliphatic carbocycles. The number of hydrogen-bond donors (Lipinski definition) is 2. The number of aryl methyl sites for hydroxylation is 2. The molecule has 144 valence electrons. The Morgan fingerprint density at radius 3 is 2.37 bits per heavy atom. The number of carbonyl (C=O) groups is 1. The van der Waals surface area contributed by atoms with Crippen molar-refractivity contribution in [2.75, 3.05) is 17.2 Å². The first-order chi connectivity index (χ1) is 12.8. The average molecular weight is 404 g/mol. The number of hydrogen-bond acceptors (Lipinski definition) is 2. The van der Waals surface area contributed by atoms with E-state index in [2.05, 4.69) is 23.6 Å². The zero-order valence-corrected chi connectivity index (χ0v) is 17.7. The summed E-state index contributed by atoms with van der Waals surface area (Å²) in [6, 6.07) is 12.9. The van der Waals surface area contributed by atoms with Gasteiger partial charge in [-0.1, -0.05) is 30.7 Å². The minimum Gasteiger partial charge on any atom is -0.337 e. The number of benzene rings is 2. The van der Waals surface area contributed by atoms with E-state index in [1.165, 1.54) is 0 Å². The minimum absolute atomic E-state index is 0.129. The third-order valence-corrected chi connectivity index (χ3v) is 4.71. The molecular weight excluding hydrogens is 378 g/mol. The Hall–Kier alpha value is -2.11. The zero-order chi connectivity index (χ0) is 20.0. The fourth-order valence-electron chi connectivity index (χ4n) is 2.91. The van der Waals surface area contributed by atoms with Crippen LogP contribution < -0.4 is 10.6 Å². The molecular formula is C21H26ClN3OS. The number of amides is 1. The van der Waals surface area contributed by atoms with Gasteiger partial charge in [-0.3, -0.25) is 4.79 Å². The van der Waals surface area contributed by atoms with Gasteiger partial charge in [0.1, 0.15) is 6.04 Å². The largest absolute Gasteiger partial charge is 0.337 e. The molecule has 4 nitrogen and oxygen atoms in total. The fourth-order valence-corrected chi connectivity index (χ4v) is 3.47. The molecule has 0 unspecified atom stereocenters. The van der Waals surface area contributed by atoms with Crippen LogP contribution >= 0.6 is 23.8 Å². The Morgan fingerprint density at radius 1 is 1.11 bits per heavy atom. The van der Waals surface area contributed by atoms with E-state index in [1.54, 1.807) is 18.2 Å². The van der Waals surface area contributed by atoms with Gasteiger partial charge in [-0.05, 0) is 80.9 Å². The van der Waals surface area contributed by atoms with Crippen LogP contribution in [0.25, 0.3) is 0 Å². The number of nitrogens with one attached hydrogen (secondary N) is 2. The Morgan fingerprint density at radius 2 is 1.78 bits per heavy atom. The molecule has 1 atom stereocenters. The average Bonchev–Trinajstić information content (AvgIpc) is 2.58. The lowest BCUT2D eigenvalue weighted by Gasteiger charge is -2.31. The monoisotopic (exact) mass is 403 g/mol. The molecule has 6 heteroatoms. The van der Waals surface area contributed by atoms with Crippen LogP contribution in [0.3, 0.4) is 0 Å². The summed E-state index contributed by atoms with van der Waals surface area (Å²) in [4.78, 5) is 14.6. The summed E-state index contributed by atoms with van der Waals surface area (Å²) in [5, 5.41) is 7.30. The Bertz CT molecular complexity index is 805. The molecule has 2 rings (SSSR count). The Kier molecular flexibility index (Phi) is 7.63. The van der Waals surface area contributed by atoms with Crippen molar-refractivity contribution in [1.29, 1.82) is 0 Å². The number of thiocarbonyl (C=S) groups is 1. The van der Waals surface area contributed by atoms with E-state index in [0.717, 1.165) is 23.2 Å². The highest BCUT2D eigenvalue weighted by atomic mass is 35.5. The minimum atomic E-state index is -0.421. The highest BCUT2D eigenvalue weighted by molar-refractivity contribution is 7.80. The second kappa shape index (κ2) is 9.72. The lowest BCUT2D eigenvalue weighted by molar-refractivity contribution is -0.119. The molecule has 0 saturated heterocycles. The quantitative estimate of drug-likeness (QED) is 0.634. The van der Waals surface area contributed by atoms with Gasteiger partial charge >= 0.3 is 0 Å². The molecule has 0 aromatic heterocycles. The van der Waals surface area contributed by atoms with E-state index >= 15 is 0 Å². The third-order valence-electron chi connectivity index (χ3n) is 4.14. The van der Waals surface area contributed by atoms with Gasteiger partial charge in [0.15, 0.2) is 5.11 Å². The summed E-state index contributed by atoms with van der Waals surface area (Å²) in [6.07, 6.45) is 0.878. The molecule has 0 aliphatic rings. The van der Waals surface area contributed by atoms with Gasteiger partial charge in [-0.15, -0.1) is 0 Å². The van der Waals surface area contributed by atoms with Crippen molar-refractivity contribution >= 4 is 46.2 Å². The molecule has 0 spiro atoms. The molecule has 2 aromatic carbocycles. The van der Waals surface area contributed by atoms with Gasteiger partial charge in [0, 0.05) is 22.9 Å². The van der Waals surface area contributed by atoms with Crippen LogP contribution in [-0.4, -0.2) is 28.5 Å². The maximum absolute atomic E-state index is 12.7. The summed E-state index contributed by atoms with van der Waals surface area (Å²) in [5.74, 6) is -0.129. The molecule has 0 saturated carbocycles. The van der Waals surface area contributed by atoms with Crippen molar-refractivity contribution in [3.05, 3.63) is 58.6 Å². The van der Waals surface area contributed by atoms with Crippen LogP contribution in [0, 0.1) is 13.8 Å². The predicted molar refractivity (Wildman–Crippen MR) is 119 cm³/mol. The molecule has 0 fully saturated rings. The highest BCUT2D eigenvalue weighted by Gasteiger charge is 2.23. The lowest BCUT2D eigenvalue weighted by Crippen LogP contribution is -2.47. The van der Waals surface area contributed by atoms with E-state index in [9.17, 15) is 4.79 Å². The summed E-state index contributed by atoms with van der Waals surface area (Å²) in [6.45, 7) is 8.69. The van der Waals surface area contributed by atoms with Gasteiger partial charge < -0.3 is 15.5 Å². The first-order valence-corrected chi connectivity index (χ1v) is 9.81. The molecule has 2 N–H and O–H groups in total. The molecule has 0 aliphatic heterocycles. The second-order valence-electron chi connectivity index (χ2n) is 6.68. The maximum atomic E-state index is 12.7. The SMILES string of the molecule is CCCN(C(=S)Nc1cc(C)cc(C)c1)[C@H](C)C(=O)Nc1cccc(Cl)c1. The summed E-state index contributed by atoms with van der Waals surface area (Å²) >= 11 is 11.6. The summed E-state index contributed by atoms with van der Waals surface area (Å²) in [7, 11) is 0. The predicted octanol–water partition coefficient (Wildman–Crippen LogP) is 5.39. The standard InChI is InChI=1S/C21H26ClN3OS/c1-5-9-25(21(27)24-19-11-14(2)10-15(3)12-19)16(4)20(26)23-18-8-6-7-17(22)13-18/h6-8,10-13,16H,5,9H2,1-4H3,(H,23,26)(H,24,27)/t16-/m1/s1. The van der Waals surface area contributed by atoms with Gasteiger partial charge in [0.2, 0.25) is 5.91 Å². The van der Waals surface area contributed by atoms with E-state index in [0.29, 0.717) is 22.4 Å². The first-order valence-electron chi connectivity index (χ1n) is 9.02. The normalized spacial score (nSPS) is 11.6. The lowest BCUT2D eigenvalue weighted by atomic mass is 10.1. The topological polar surface area (TPSA) is 44.4 Å². The van der Waals surface area contributed by atoms with Crippen LogP contribution in [0.15, 0.2) is 42.5 Å². The van der Waals surface area contributed by atoms with Crippen molar-refractivity contribution in [1.82, 2.24) is 4.90 Å². The molecule has 0 radical (unpaired) electrons. The van der Waals surface area contributed by atoms with Crippen molar-refractivity contribution in [2.24, 2.45) is 0 Å². The number of anilines is 2. The summed E-state index contributed by atoms with van der Waals surface area (Å²) in [5.41, 5.74) is 3.92. The van der Waals surface area contributed by atoms with Crippen LogP contribution in [0.2, 0.25) is 5.02 Å². The molecule has 0 bridgehead atoms. The third kappa shape index (κ3) is 6.22. The van der Waals surface area contributed by atoms with E-state index in [4.69, 9.17) is 23.8 Å². The molecule has 0 heterocycles. The van der Waals surface area contributed by atoms with Gasteiger partial charge in [0.05, 0.1) is 0 Å². The van der Waals surface area contributed by atoms with Crippen LogP contribution in [0.4, 0.5) is 11.4 Å². The Balaban J connectivity index is 2.11. The van der Waals surface area contributed by atoms with Crippen LogP contribution in [0.5, 0.6) is 0 Å². The smallest absolute Gasteiger partial charge is 0.246 e. The van der Waals surface area contributed by atoms with Gasteiger partial charge in [0.25, 0.3) is 0 Å². The maximum Gasteiger partial charge on any atom is 0.246 e. The molecule has 1 amide bonds. The first kappa shape index (κ1) is 21.2. The fraction of sp³-hybridized carbons (Fsp3) is 0.333. The molecule has 2 aromatic rings. The number of carbonyl (C=O) groups excluding carboxylic acids is 1. The van der Waals surface area contributed by atoms with E-state index < -0.39 is 6.04 Å². The van der Waals surface area contributed by atoms with Gasteiger partial charge in [-0.2, -0.15) is 0 Å². The number of halogens is 1. The van der Waals surface area contributed by atoms with E-state index in [-0.39, 0.29) is 5.91 Å². The van der Waals surface area contributed by atoms with E-state index in [1.807, 2.05) is 43.9 Å². The highest BCUT2D eigenvalue weighted by Crippen LogP contribution is 2.18. The number of rotatable bonds is 6. The number of nitrogens with zero attached hydrogens (tertiary/aromatic N) is 1.